The Morgan fingerprint density at radius 2 is 2.00 bits per heavy atom. The molecule has 1 amide bonds. The summed E-state index contributed by atoms with van der Waals surface area (Å²) in [6.07, 6.45) is 6.76. The van der Waals surface area contributed by atoms with Gasteiger partial charge in [0.25, 0.3) is 0 Å². The lowest BCUT2D eigenvalue weighted by atomic mass is 9.92. The minimum absolute atomic E-state index is 0.274. The summed E-state index contributed by atoms with van der Waals surface area (Å²) in [5, 5.41) is 2.95. The van der Waals surface area contributed by atoms with Crippen LogP contribution in [-0.4, -0.2) is 12.5 Å². The minimum Gasteiger partial charge on any atom is -0.356 e. The largest absolute Gasteiger partial charge is 0.356 e. The number of carbonyl (C=O) groups excluding carboxylic acids is 1. The highest BCUT2D eigenvalue weighted by molar-refractivity contribution is 5.79. The van der Waals surface area contributed by atoms with Crippen LogP contribution in [0.15, 0.2) is 30.3 Å². The molecule has 1 fully saturated rings. The first-order valence-corrected chi connectivity index (χ1v) is 6.68. The number of nitrogens with one attached hydrogen (secondary N) is 1. The Balaban J connectivity index is 1.64. The fraction of sp³-hybridized carbons (Fsp3) is 0.533. The lowest BCUT2D eigenvalue weighted by Gasteiger charge is -2.21. The molecule has 0 aromatic heterocycles. The Kier molecular flexibility index (Phi) is 4.60. The van der Waals surface area contributed by atoms with Crippen molar-refractivity contribution in [2.75, 3.05) is 6.54 Å². The first-order chi connectivity index (χ1) is 8.36. The number of amides is 1. The predicted octanol–water partition coefficient (Wildman–Crippen LogP) is 2.93. The molecule has 1 atom stereocenters. The molecule has 1 saturated heterocycles. The monoisotopic (exact) mass is 231 g/mol. The van der Waals surface area contributed by atoms with Crippen LogP contribution >= 0.6 is 0 Å². The molecule has 0 bridgehead atoms. The minimum atomic E-state index is 0.274. The van der Waals surface area contributed by atoms with E-state index in [4.69, 9.17) is 0 Å². The van der Waals surface area contributed by atoms with E-state index in [2.05, 4.69) is 35.6 Å². The van der Waals surface area contributed by atoms with E-state index < -0.39 is 0 Å². The normalized spacial score (nSPS) is 20.0. The highest BCUT2D eigenvalue weighted by Gasteiger charge is 2.20. The Hall–Kier alpha value is -1.31. The number of piperidine rings is 1. The number of benzene rings is 1. The molecular formula is C15H21NO. The lowest BCUT2D eigenvalue weighted by molar-refractivity contribution is -0.126. The molecular weight excluding hydrogens is 210 g/mol. The van der Waals surface area contributed by atoms with E-state index in [1.807, 2.05) is 0 Å². The van der Waals surface area contributed by atoms with Crippen molar-refractivity contribution in [1.29, 1.82) is 0 Å². The molecule has 17 heavy (non-hydrogen) atoms. The van der Waals surface area contributed by atoms with E-state index in [0.717, 1.165) is 38.6 Å². The molecule has 1 aromatic carbocycles. The summed E-state index contributed by atoms with van der Waals surface area (Å²) in [5.74, 6) is 0.551. The molecule has 0 radical (unpaired) electrons. The highest BCUT2D eigenvalue weighted by atomic mass is 16.1. The maximum Gasteiger partial charge on any atom is 0.223 e. The van der Waals surface area contributed by atoms with Gasteiger partial charge in [-0.05, 0) is 37.7 Å². The van der Waals surface area contributed by atoms with Gasteiger partial charge in [0.05, 0.1) is 0 Å². The van der Waals surface area contributed by atoms with Crippen molar-refractivity contribution >= 4 is 5.91 Å². The number of aryl methyl sites for hydroxylation is 1. The van der Waals surface area contributed by atoms with Crippen LogP contribution in [-0.2, 0) is 11.2 Å². The van der Waals surface area contributed by atoms with Crippen molar-refractivity contribution in [3.05, 3.63) is 35.9 Å². The van der Waals surface area contributed by atoms with Crippen LogP contribution in [0.5, 0.6) is 0 Å². The average molecular weight is 231 g/mol. The summed E-state index contributed by atoms with van der Waals surface area (Å²) in [6.45, 7) is 0.874. The topological polar surface area (TPSA) is 29.1 Å². The Morgan fingerprint density at radius 3 is 2.76 bits per heavy atom. The molecule has 1 aromatic rings. The molecule has 2 nitrogen and oxygen atoms in total. The van der Waals surface area contributed by atoms with Crippen LogP contribution in [0.4, 0.5) is 0 Å². The lowest BCUT2D eigenvalue weighted by Crippen LogP contribution is -2.36. The van der Waals surface area contributed by atoms with Gasteiger partial charge in [0.15, 0.2) is 0 Å². The van der Waals surface area contributed by atoms with Gasteiger partial charge in [-0.2, -0.15) is 0 Å². The maximum absolute atomic E-state index is 11.5. The third-order valence-electron chi connectivity index (χ3n) is 3.51. The number of hydrogen-bond donors (Lipinski definition) is 1. The first-order valence-electron chi connectivity index (χ1n) is 6.68. The number of unbranched alkanes of at least 4 members (excludes halogenated alkanes) is 1. The van der Waals surface area contributed by atoms with E-state index in [-0.39, 0.29) is 11.8 Å². The molecule has 1 N–H and O–H groups in total. The summed E-state index contributed by atoms with van der Waals surface area (Å²) in [5.41, 5.74) is 1.40. The third-order valence-corrected chi connectivity index (χ3v) is 3.51. The predicted molar refractivity (Wildman–Crippen MR) is 69.7 cm³/mol. The van der Waals surface area contributed by atoms with Crippen molar-refractivity contribution in [2.24, 2.45) is 5.92 Å². The van der Waals surface area contributed by atoms with Crippen molar-refractivity contribution in [3.8, 4) is 0 Å². The molecule has 92 valence electrons. The van der Waals surface area contributed by atoms with Crippen LogP contribution in [0.25, 0.3) is 0 Å². The number of hydrogen-bond acceptors (Lipinski definition) is 1. The molecule has 1 aliphatic rings. The van der Waals surface area contributed by atoms with E-state index in [9.17, 15) is 4.79 Å². The van der Waals surface area contributed by atoms with Crippen LogP contribution in [0.1, 0.15) is 37.7 Å². The molecule has 0 spiro atoms. The van der Waals surface area contributed by atoms with Gasteiger partial charge in [-0.1, -0.05) is 36.8 Å². The zero-order valence-corrected chi connectivity index (χ0v) is 10.3. The highest BCUT2D eigenvalue weighted by Crippen LogP contribution is 2.18. The zero-order valence-electron chi connectivity index (χ0n) is 10.3. The van der Waals surface area contributed by atoms with Crippen molar-refractivity contribution < 1.29 is 4.79 Å². The molecule has 0 saturated carbocycles. The zero-order chi connectivity index (χ0) is 11.9. The molecule has 1 unspecified atom stereocenters. The van der Waals surface area contributed by atoms with Gasteiger partial charge < -0.3 is 5.32 Å². The second-order valence-corrected chi connectivity index (χ2v) is 4.86. The Labute approximate surface area is 103 Å². The van der Waals surface area contributed by atoms with Crippen LogP contribution in [0.2, 0.25) is 0 Å². The fourth-order valence-corrected chi connectivity index (χ4v) is 2.48. The van der Waals surface area contributed by atoms with Crippen molar-refractivity contribution in [1.82, 2.24) is 5.32 Å². The second-order valence-electron chi connectivity index (χ2n) is 4.86. The maximum atomic E-state index is 11.5. The third kappa shape index (κ3) is 3.88. The quantitative estimate of drug-likeness (QED) is 0.776. The first kappa shape index (κ1) is 12.2. The van der Waals surface area contributed by atoms with Crippen molar-refractivity contribution in [3.63, 3.8) is 0 Å². The number of carbonyl (C=O) groups is 1. The smallest absolute Gasteiger partial charge is 0.223 e. The van der Waals surface area contributed by atoms with Gasteiger partial charge >= 0.3 is 0 Å². The van der Waals surface area contributed by atoms with Gasteiger partial charge in [-0.25, -0.2) is 0 Å². The van der Waals surface area contributed by atoms with E-state index in [0.29, 0.717) is 0 Å². The standard InChI is InChI=1S/C15H21NO/c17-15-14(11-6-12-16-15)10-5-4-9-13-7-2-1-3-8-13/h1-3,7-8,14H,4-6,9-12H2,(H,16,17). The van der Waals surface area contributed by atoms with Gasteiger partial charge in [0, 0.05) is 12.5 Å². The summed E-state index contributed by atoms with van der Waals surface area (Å²) in [4.78, 5) is 11.5. The average Bonchev–Trinajstić information content (AvgIpc) is 2.38. The van der Waals surface area contributed by atoms with Gasteiger partial charge in [-0.3, -0.25) is 4.79 Å². The second kappa shape index (κ2) is 6.43. The van der Waals surface area contributed by atoms with Crippen LogP contribution in [0.3, 0.4) is 0 Å². The van der Waals surface area contributed by atoms with E-state index in [1.165, 1.54) is 12.0 Å². The molecule has 0 aliphatic carbocycles. The Morgan fingerprint density at radius 1 is 1.18 bits per heavy atom. The van der Waals surface area contributed by atoms with Gasteiger partial charge in [-0.15, -0.1) is 0 Å². The number of rotatable bonds is 5. The molecule has 1 aliphatic heterocycles. The van der Waals surface area contributed by atoms with Gasteiger partial charge in [0.1, 0.15) is 0 Å². The van der Waals surface area contributed by atoms with E-state index >= 15 is 0 Å². The van der Waals surface area contributed by atoms with Crippen LogP contribution in [0, 0.1) is 5.92 Å². The Bertz CT molecular complexity index is 347. The van der Waals surface area contributed by atoms with E-state index in [1.54, 1.807) is 0 Å². The summed E-state index contributed by atoms with van der Waals surface area (Å²) in [6, 6.07) is 10.6. The SMILES string of the molecule is O=C1NCCCC1CCCCc1ccccc1. The molecule has 2 heteroatoms. The summed E-state index contributed by atoms with van der Waals surface area (Å²) >= 11 is 0. The summed E-state index contributed by atoms with van der Waals surface area (Å²) < 4.78 is 0. The van der Waals surface area contributed by atoms with Crippen molar-refractivity contribution in [2.45, 2.75) is 38.5 Å². The fourth-order valence-electron chi connectivity index (χ4n) is 2.48. The van der Waals surface area contributed by atoms with Gasteiger partial charge in [0.2, 0.25) is 5.91 Å². The summed E-state index contributed by atoms with van der Waals surface area (Å²) in [7, 11) is 0. The van der Waals surface area contributed by atoms with Crippen LogP contribution < -0.4 is 5.32 Å². The molecule has 1 heterocycles. The molecule has 2 rings (SSSR count).